The van der Waals surface area contributed by atoms with Crippen LogP contribution in [-0.4, -0.2) is 41.7 Å². The lowest BCUT2D eigenvalue weighted by atomic mass is 10.1. The molecule has 116 valence electrons. The Morgan fingerprint density at radius 2 is 2.18 bits per heavy atom. The molecule has 6 nitrogen and oxygen atoms in total. The number of aromatic nitrogens is 3. The lowest BCUT2D eigenvalue weighted by Crippen LogP contribution is -2.24. The van der Waals surface area contributed by atoms with Crippen molar-refractivity contribution in [3.05, 3.63) is 36.2 Å². The van der Waals surface area contributed by atoms with E-state index < -0.39 is 0 Å². The maximum atomic E-state index is 5.16. The van der Waals surface area contributed by atoms with E-state index in [2.05, 4.69) is 38.2 Å². The van der Waals surface area contributed by atoms with E-state index in [0.29, 0.717) is 11.8 Å². The Balaban J connectivity index is 1.55. The lowest BCUT2D eigenvalue weighted by Gasteiger charge is -2.17. The van der Waals surface area contributed by atoms with Crippen molar-refractivity contribution in [3.8, 4) is 5.88 Å². The van der Waals surface area contributed by atoms with Gasteiger partial charge in [-0.05, 0) is 37.0 Å². The molecule has 1 N–H and O–H groups in total. The van der Waals surface area contributed by atoms with E-state index in [1.807, 2.05) is 12.3 Å². The van der Waals surface area contributed by atoms with Gasteiger partial charge in [0.25, 0.3) is 0 Å². The summed E-state index contributed by atoms with van der Waals surface area (Å²) in [6.07, 6.45) is 4.70. The van der Waals surface area contributed by atoms with Crippen LogP contribution < -0.4 is 15.0 Å². The molecule has 3 heterocycles. The first-order chi connectivity index (χ1) is 10.7. The summed E-state index contributed by atoms with van der Waals surface area (Å²) in [6.45, 7) is 4.91. The van der Waals surface area contributed by atoms with Crippen molar-refractivity contribution in [1.29, 1.82) is 0 Å². The molecule has 0 spiro atoms. The van der Waals surface area contributed by atoms with Crippen molar-refractivity contribution >= 4 is 11.8 Å². The average molecular weight is 299 g/mol. The highest BCUT2D eigenvalue weighted by molar-refractivity contribution is 5.38. The Bertz CT molecular complexity index is 633. The van der Waals surface area contributed by atoms with Gasteiger partial charge in [-0.2, -0.15) is 4.98 Å². The minimum Gasteiger partial charge on any atom is -0.481 e. The maximum absolute atomic E-state index is 5.16. The molecule has 1 saturated heterocycles. The van der Waals surface area contributed by atoms with Gasteiger partial charge in [0, 0.05) is 38.1 Å². The third kappa shape index (κ3) is 3.44. The van der Waals surface area contributed by atoms with Crippen LogP contribution in [0.5, 0.6) is 5.88 Å². The van der Waals surface area contributed by atoms with Crippen molar-refractivity contribution in [2.24, 2.45) is 5.92 Å². The van der Waals surface area contributed by atoms with Gasteiger partial charge in [-0.3, -0.25) is 0 Å². The second-order valence-electron chi connectivity index (χ2n) is 5.60. The van der Waals surface area contributed by atoms with E-state index in [4.69, 9.17) is 4.74 Å². The first-order valence-corrected chi connectivity index (χ1v) is 7.53. The summed E-state index contributed by atoms with van der Waals surface area (Å²) in [7, 11) is 1.62. The maximum Gasteiger partial charge on any atom is 0.228 e. The zero-order chi connectivity index (χ0) is 15.4. The lowest BCUT2D eigenvalue weighted by molar-refractivity contribution is 0.397. The molecule has 0 saturated carbocycles. The van der Waals surface area contributed by atoms with Crippen LogP contribution in [0.3, 0.4) is 0 Å². The topological polar surface area (TPSA) is 63.2 Å². The van der Waals surface area contributed by atoms with Crippen molar-refractivity contribution in [1.82, 2.24) is 15.0 Å². The van der Waals surface area contributed by atoms with Crippen LogP contribution in [0.4, 0.5) is 11.8 Å². The van der Waals surface area contributed by atoms with Gasteiger partial charge in [-0.15, -0.1) is 0 Å². The van der Waals surface area contributed by atoms with Gasteiger partial charge >= 0.3 is 0 Å². The predicted octanol–water partition coefficient (Wildman–Crippen LogP) is 2.13. The van der Waals surface area contributed by atoms with Crippen molar-refractivity contribution in [2.45, 2.75) is 13.3 Å². The number of nitrogens with zero attached hydrogens (tertiary/aromatic N) is 4. The van der Waals surface area contributed by atoms with Gasteiger partial charge in [-0.25, -0.2) is 9.97 Å². The first kappa shape index (κ1) is 14.6. The zero-order valence-corrected chi connectivity index (χ0v) is 13.0. The standard InChI is InChI=1S/C16H21N5O/c1-12-3-6-17-14(9-12)19-10-13-5-8-21(11-13)16-18-7-4-15(20-16)22-2/h3-4,6-7,9,13H,5,8,10-11H2,1-2H3,(H,17,19)/t13-/m0/s1. The van der Waals surface area contributed by atoms with Crippen molar-refractivity contribution in [3.63, 3.8) is 0 Å². The van der Waals surface area contributed by atoms with E-state index in [0.717, 1.165) is 37.8 Å². The number of ether oxygens (including phenoxy) is 1. The number of hydrogen-bond acceptors (Lipinski definition) is 6. The quantitative estimate of drug-likeness (QED) is 0.912. The van der Waals surface area contributed by atoms with Crippen LogP contribution in [0.1, 0.15) is 12.0 Å². The molecule has 22 heavy (non-hydrogen) atoms. The van der Waals surface area contributed by atoms with E-state index in [1.165, 1.54) is 5.56 Å². The average Bonchev–Trinajstić information content (AvgIpc) is 3.02. The van der Waals surface area contributed by atoms with E-state index >= 15 is 0 Å². The third-order valence-corrected chi connectivity index (χ3v) is 3.88. The van der Waals surface area contributed by atoms with Crippen molar-refractivity contribution < 1.29 is 4.74 Å². The molecule has 1 aliphatic heterocycles. The van der Waals surface area contributed by atoms with E-state index in [-0.39, 0.29) is 0 Å². The Morgan fingerprint density at radius 1 is 1.32 bits per heavy atom. The highest BCUT2D eigenvalue weighted by atomic mass is 16.5. The number of rotatable bonds is 5. The molecule has 1 atom stereocenters. The Kier molecular flexibility index (Phi) is 4.37. The van der Waals surface area contributed by atoms with Crippen LogP contribution in [0.25, 0.3) is 0 Å². The summed E-state index contributed by atoms with van der Waals surface area (Å²) >= 11 is 0. The second-order valence-corrected chi connectivity index (χ2v) is 5.60. The summed E-state index contributed by atoms with van der Waals surface area (Å²) in [6, 6.07) is 5.84. The minimum absolute atomic E-state index is 0.567. The Hall–Kier alpha value is -2.37. The molecule has 0 radical (unpaired) electrons. The fraction of sp³-hybridized carbons (Fsp3) is 0.438. The molecule has 2 aromatic heterocycles. The molecular formula is C16H21N5O. The van der Waals surface area contributed by atoms with Crippen molar-refractivity contribution in [2.75, 3.05) is 37.0 Å². The molecule has 0 aliphatic carbocycles. The predicted molar refractivity (Wildman–Crippen MR) is 86.4 cm³/mol. The largest absolute Gasteiger partial charge is 0.481 e. The second kappa shape index (κ2) is 6.60. The Labute approximate surface area is 130 Å². The van der Waals surface area contributed by atoms with Gasteiger partial charge < -0.3 is 15.0 Å². The van der Waals surface area contributed by atoms with Crippen LogP contribution >= 0.6 is 0 Å². The van der Waals surface area contributed by atoms with Crippen LogP contribution in [0.15, 0.2) is 30.6 Å². The summed E-state index contributed by atoms with van der Waals surface area (Å²) in [4.78, 5) is 15.3. The summed E-state index contributed by atoms with van der Waals surface area (Å²) < 4.78 is 5.16. The highest BCUT2D eigenvalue weighted by Crippen LogP contribution is 2.22. The molecule has 0 unspecified atom stereocenters. The molecule has 1 fully saturated rings. The molecule has 6 heteroatoms. The molecule has 0 bridgehead atoms. The summed E-state index contributed by atoms with van der Waals surface area (Å²) in [5.74, 6) is 2.86. The van der Waals surface area contributed by atoms with Gasteiger partial charge in [0.2, 0.25) is 11.8 Å². The number of aryl methyl sites for hydroxylation is 1. The number of methoxy groups -OCH3 is 1. The summed E-state index contributed by atoms with van der Waals surface area (Å²) in [5.41, 5.74) is 1.22. The SMILES string of the molecule is COc1ccnc(N2CC[C@@H](CNc3cc(C)ccn3)C2)n1. The molecule has 1 aliphatic rings. The fourth-order valence-electron chi connectivity index (χ4n) is 2.66. The van der Waals surface area contributed by atoms with E-state index in [1.54, 1.807) is 19.4 Å². The molecule has 0 amide bonds. The molecule has 0 aromatic carbocycles. The van der Waals surface area contributed by atoms with Crippen LogP contribution in [0.2, 0.25) is 0 Å². The first-order valence-electron chi connectivity index (χ1n) is 7.53. The van der Waals surface area contributed by atoms with E-state index in [9.17, 15) is 0 Å². The van der Waals surface area contributed by atoms with Gasteiger partial charge in [0.05, 0.1) is 7.11 Å². The number of nitrogens with one attached hydrogen (secondary N) is 1. The number of anilines is 2. The fourth-order valence-corrected chi connectivity index (χ4v) is 2.66. The van der Waals surface area contributed by atoms with Gasteiger partial charge in [0.1, 0.15) is 5.82 Å². The summed E-state index contributed by atoms with van der Waals surface area (Å²) in [5, 5.41) is 3.42. The molecule has 3 rings (SSSR count). The number of pyridine rings is 1. The number of hydrogen-bond donors (Lipinski definition) is 1. The monoisotopic (exact) mass is 299 g/mol. The Morgan fingerprint density at radius 3 is 3.00 bits per heavy atom. The van der Waals surface area contributed by atoms with Gasteiger partial charge in [-0.1, -0.05) is 0 Å². The van der Waals surface area contributed by atoms with Crippen LogP contribution in [-0.2, 0) is 0 Å². The van der Waals surface area contributed by atoms with Crippen LogP contribution in [0, 0.1) is 12.8 Å². The normalized spacial score (nSPS) is 17.5. The van der Waals surface area contributed by atoms with Gasteiger partial charge in [0.15, 0.2) is 0 Å². The molecule has 2 aromatic rings. The smallest absolute Gasteiger partial charge is 0.228 e. The zero-order valence-electron chi connectivity index (χ0n) is 13.0. The minimum atomic E-state index is 0.567. The highest BCUT2D eigenvalue weighted by Gasteiger charge is 2.24. The third-order valence-electron chi connectivity index (χ3n) is 3.88. The molecular weight excluding hydrogens is 278 g/mol.